The van der Waals surface area contributed by atoms with Crippen LogP contribution in [0.2, 0.25) is 0 Å². The van der Waals surface area contributed by atoms with Gasteiger partial charge < -0.3 is 20.4 Å². The molecule has 1 fully saturated rings. The Balaban J connectivity index is 1.23. The van der Waals surface area contributed by atoms with Crippen molar-refractivity contribution in [1.82, 2.24) is 25.0 Å². The summed E-state index contributed by atoms with van der Waals surface area (Å²) in [5.41, 5.74) is 3.27. The lowest BCUT2D eigenvalue weighted by molar-refractivity contribution is 0.0941. The Kier molecular flexibility index (Phi) is 6.25. The van der Waals surface area contributed by atoms with Gasteiger partial charge in [-0.1, -0.05) is 6.07 Å². The number of carbonyl (C=O) groups is 2. The van der Waals surface area contributed by atoms with Crippen LogP contribution in [0, 0.1) is 0 Å². The van der Waals surface area contributed by atoms with E-state index in [9.17, 15) is 9.59 Å². The van der Waals surface area contributed by atoms with Gasteiger partial charge in [-0.2, -0.15) is 0 Å². The molecule has 2 aliphatic rings. The number of nitrogens with one attached hydrogen (secondary N) is 2. The van der Waals surface area contributed by atoms with Crippen molar-refractivity contribution in [2.75, 3.05) is 51.6 Å². The molecule has 0 atom stereocenters. The van der Waals surface area contributed by atoms with E-state index in [0.717, 1.165) is 44.0 Å². The summed E-state index contributed by atoms with van der Waals surface area (Å²) >= 11 is 0. The zero-order valence-corrected chi connectivity index (χ0v) is 17.3. The predicted molar refractivity (Wildman–Crippen MR) is 115 cm³/mol. The molecule has 3 heterocycles. The second-order valence-corrected chi connectivity index (χ2v) is 7.87. The lowest BCUT2D eigenvalue weighted by Gasteiger charge is -2.32. The average molecular weight is 409 g/mol. The minimum atomic E-state index is -0.169. The molecule has 8 nitrogen and oxygen atoms in total. The lowest BCUT2D eigenvalue weighted by Crippen LogP contribution is -2.46. The molecule has 0 aliphatic carbocycles. The van der Waals surface area contributed by atoms with Gasteiger partial charge in [-0.15, -0.1) is 0 Å². The van der Waals surface area contributed by atoms with Crippen molar-refractivity contribution >= 4 is 17.6 Å². The number of likely N-dealkylation sites (N-methyl/N-ethyl adjacent to an activating group) is 1. The summed E-state index contributed by atoms with van der Waals surface area (Å²) in [6.07, 6.45) is 1.75. The highest BCUT2D eigenvalue weighted by atomic mass is 16.2. The monoisotopic (exact) mass is 408 g/mol. The van der Waals surface area contributed by atoms with Crippen LogP contribution in [-0.2, 0) is 13.1 Å². The summed E-state index contributed by atoms with van der Waals surface area (Å²) < 4.78 is 0. The molecule has 0 bridgehead atoms. The minimum Gasteiger partial charge on any atom is -0.351 e. The van der Waals surface area contributed by atoms with Gasteiger partial charge in [-0.3, -0.25) is 14.7 Å². The van der Waals surface area contributed by atoms with Gasteiger partial charge in [0.25, 0.3) is 5.91 Å². The van der Waals surface area contributed by atoms with Crippen LogP contribution in [0.1, 0.15) is 21.6 Å². The Morgan fingerprint density at radius 1 is 1.03 bits per heavy atom. The quantitative estimate of drug-likeness (QED) is 0.786. The molecule has 0 spiro atoms. The summed E-state index contributed by atoms with van der Waals surface area (Å²) in [5.74, 6) is -0.0944. The first-order valence-electron chi connectivity index (χ1n) is 10.4. The van der Waals surface area contributed by atoms with E-state index in [4.69, 9.17) is 0 Å². The van der Waals surface area contributed by atoms with Crippen LogP contribution in [-0.4, -0.2) is 77.9 Å². The molecule has 1 saturated heterocycles. The second kappa shape index (κ2) is 9.23. The van der Waals surface area contributed by atoms with E-state index in [-0.39, 0.29) is 11.9 Å². The van der Waals surface area contributed by atoms with Gasteiger partial charge in [0, 0.05) is 63.3 Å². The Morgan fingerprint density at radius 2 is 1.80 bits per heavy atom. The molecule has 0 radical (unpaired) electrons. The molecule has 2 aromatic rings. The number of amides is 3. The van der Waals surface area contributed by atoms with Crippen LogP contribution in [0.25, 0.3) is 0 Å². The highest BCUT2D eigenvalue weighted by Gasteiger charge is 2.24. The molecule has 30 heavy (non-hydrogen) atoms. The number of piperazine rings is 1. The van der Waals surface area contributed by atoms with Crippen LogP contribution in [0.4, 0.5) is 10.5 Å². The summed E-state index contributed by atoms with van der Waals surface area (Å²) in [4.78, 5) is 35.6. The molecule has 8 heteroatoms. The van der Waals surface area contributed by atoms with Crippen molar-refractivity contribution in [1.29, 1.82) is 0 Å². The number of anilines is 1. The maximum absolute atomic E-state index is 12.5. The lowest BCUT2D eigenvalue weighted by atomic mass is 10.2. The molecule has 2 aliphatic heterocycles. The minimum absolute atomic E-state index is 0.0944. The van der Waals surface area contributed by atoms with E-state index in [0.29, 0.717) is 30.9 Å². The van der Waals surface area contributed by atoms with Crippen LogP contribution in [0.15, 0.2) is 42.6 Å². The number of hydrogen-bond acceptors (Lipinski definition) is 5. The van der Waals surface area contributed by atoms with Crippen LogP contribution in [0.5, 0.6) is 0 Å². The van der Waals surface area contributed by atoms with Gasteiger partial charge in [0.15, 0.2) is 0 Å². The Bertz CT molecular complexity index is 868. The number of rotatable bonds is 5. The number of aromatic nitrogens is 1. The Hall–Kier alpha value is -2.97. The fourth-order valence-electron chi connectivity index (χ4n) is 3.75. The SMILES string of the molecule is CN1CCN(CCNC(=O)c2ccc(NC(=O)N3Cc4cccnc4C3)cc2)CC1. The molecule has 0 unspecified atom stereocenters. The van der Waals surface area contributed by atoms with Crippen LogP contribution >= 0.6 is 0 Å². The first-order chi connectivity index (χ1) is 14.6. The van der Waals surface area contributed by atoms with Crippen molar-refractivity contribution in [3.8, 4) is 0 Å². The highest BCUT2D eigenvalue weighted by Crippen LogP contribution is 2.21. The van der Waals surface area contributed by atoms with E-state index < -0.39 is 0 Å². The van der Waals surface area contributed by atoms with E-state index in [1.54, 1.807) is 35.4 Å². The molecule has 158 valence electrons. The molecule has 4 rings (SSSR count). The third-order valence-corrected chi connectivity index (χ3v) is 5.68. The number of nitrogens with zero attached hydrogens (tertiary/aromatic N) is 4. The standard InChI is InChI=1S/C22H28N6O2/c1-26-11-13-27(14-12-26)10-9-24-21(29)17-4-6-19(7-5-17)25-22(30)28-15-18-3-2-8-23-20(18)16-28/h2-8H,9-16H2,1H3,(H,24,29)(H,25,30). The first-order valence-corrected chi connectivity index (χ1v) is 10.4. The van der Waals surface area contributed by atoms with Crippen LogP contribution < -0.4 is 10.6 Å². The van der Waals surface area contributed by atoms with E-state index in [2.05, 4.69) is 32.5 Å². The zero-order chi connectivity index (χ0) is 20.9. The Morgan fingerprint density at radius 3 is 2.53 bits per heavy atom. The number of fused-ring (bicyclic) bond motifs is 1. The normalized spacial score (nSPS) is 16.9. The second-order valence-electron chi connectivity index (χ2n) is 7.87. The first kappa shape index (κ1) is 20.3. The van der Waals surface area contributed by atoms with E-state index >= 15 is 0 Å². The van der Waals surface area contributed by atoms with E-state index in [1.807, 2.05) is 12.1 Å². The van der Waals surface area contributed by atoms with Gasteiger partial charge in [0.05, 0.1) is 12.2 Å². The number of carbonyl (C=O) groups excluding carboxylic acids is 2. The summed E-state index contributed by atoms with van der Waals surface area (Å²) in [5, 5.41) is 5.87. The highest BCUT2D eigenvalue weighted by molar-refractivity contribution is 5.95. The summed E-state index contributed by atoms with van der Waals surface area (Å²) in [6, 6.07) is 10.7. The van der Waals surface area contributed by atoms with Crippen molar-refractivity contribution in [2.45, 2.75) is 13.1 Å². The largest absolute Gasteiger partial charge is 0.351 e. The van der Waals surface area contributed by atoms with Gasteiger partial charge >= 0.3 is 6.03 Å². The number of urea groups is 1. The number of pyridine rings is 1. The third kappa shape index (κ3) is 4.95. The summed E-state index contributed by atoms with van der Waals surface area (Å²) in [7, 11) is 2.13. The van der Waals surface area contributed by atoms with Gasteiger partial charge in [0.2, 0.25) is 0 Å². The summed E-state index contributed by atoms with van der Waals surface area (Å²) in [6.45, 7) is 6.78. The van der Waals surface area contributed by atoms with Crippen molar-refractivity contribution in [2.24, 2.45) is 0 Å². The van der Waals surface area contributed by atoms with Gasteiger partial charge in [-0.05, 0) is 42.9 Å². The fraction of sp³-hybridized carbons (Fsp3) is 0.409. The molecular weight excluding hydrogens is 380 g/mol. The smallest absolute Gasteiger partial charge is 0.322 e. The average Bonchev–Trinajstić information content (AvgIpc) is 3.20. The third-order valence-electron chi connectivity index (χ3n) is 5.68. The van der Waals surface area contributed by atoms with Crippen LogP contribution in [0.3, 0.4) is 0 Å². The number of hydrogen-bond donors (Lipinski definition) is 2. The molecule has 1 aromatic carbocycles. The van der Waals surface area contributed by atoms with Gasteiger partial charge in [-0.25, -0.2) is 4.79 Å². The molecule has 2 N–H and O–H groups in total. The van der Waals surface area contributed by atoms with Crippen molar-refractivity contribution < 1.29 is 9.59 Å². The van der Waals surface area contributed by atoms with E-state index in [1.165, 1.54) is 0 Å². The topological polar surface area (TPSA) is 80.8 Å². The maximum Gasteiger partial charge on any atom is 0.322 e. The van der Waals surface area contributed by atoms with Crippen molar-refractivity contribution in [3.63, 3.8) is 0 Å². The zero-order valence-electron chi connectivity index (χ0n) is 17.3. The molecular formula is C22H28N6O2. The predicted octanol–water partition coefficient (Wildman–Crippen LogP) is 1.61. The molecule has 0 saturated carbocycles. The maximum atomic E-state index is 12.5. The molecule has 1 aromatic heterocycles. The van der Waals surface area contributed by atoms with Gasteiger partial charge in [0.1, 0.15) is 0 Å². The fourth-order valence-corrected chi connectivity index (χ4v) is 3.75. The Labute approximate surface area is 176 Å². The molecule has 3 amide bonds. The number of benzene rings is 1. The van der Waals surface area contributed by atoms with Crippen molar-refractivity contribution in [3.05, 3.63) is 59.4 Å².